The molecule has 0 saturated carbocycles. The minimum absolute atomic E-state index is 0.0518. The molecule has 1 aliphatic rings. The van der Waals surface area contributed by atoms with E-state index in [2.05, 4.69) is 0 Å². The molecule has 7 nitrogen and oxygen atoms in total. The van der Waals surface area contributed by atoms with Crippen molar-refractivity contribution in [2.45, 2.75) is 45.6 Å². The van der Waals surface area contributed by atoms with Crippen LogP contribution in [0.1, 0.15) is 36.7 Å². The molecule has 1 aliphatic heterocycles. The van der Waals surface area contributed by atoms with E-state index in [0.717, 1.165) is 16.5 Å². The van der Waals surface area contributed by atoms with Crippen molar-refractivity contribution in [3.63, 3.8) is 0 Å². The highest BCUT2D eigenvalue weighted by Crippen LogP contribution is 2.32. The Morgan fingerprint density at radius 2 is 1.84 bits per heavy atom. The summed E-state index contributed by atoms with van der Waals surface area (Å²) in [6.07, 6.45) is 1.65. The number of hydrogen-bond acceptors (Lipinski definition) is 5. The van der Waals surface area contributed by atoms with Crippen LogP contribution < -0.4 is 4.74 Å². The molecule has 1 atom stereocenters. The van der Waals surface area contributed by atoms with Crippen molar-refractivity contribution in [1.82, 2.24) is 9.47 Å². The minimum Gasteiger partial charge on any atom is -0.488 e. The van der Waals surface area contributed by atoms with Crippen LogP contribution in [-0.2, 0) is 22.6 Å². The van der Waals surface area contributed by atoms with E-state index in [1.165, 1.54) is 7.11 Å². The summed E-state index contributed by atoms with van der Waals surface area (Å²) in [6.45, 7) is 7.20. The summed E-state index contributed by atoms with van der Waals surface area (Å²) in [4.78, 5) is 26.3. The van der Waals surface area contributed by atoms with Gasteiger partial charge < -0.3 is 18.8 Å². The Morgan fingerprint density at radius 3 is 2.53 bits per heavy atom. The van der Waals surface area contributed by atoms with Crippen LogP contribution >= 0.6 is 0 Å². The van der Waals surface area contributed by atoms with Crippen molar-refractivity contribution in [2.75, 3.05) is 13.7 Å². The van der Waals surface area contributed by atoms with Gasteiger partial charge in [-0.1, -0.05) is 30.3 Å². The number of nitrogens with zero attached hydrogens (tertiary/aromatic N) is 2. The second-order valence-electron chi connectivity index (χ2n) is 8.93. The van der Waals surface area contributed by atoms with E-state index in [-0.39, 0.29) is 12.1 Å². The fourth-order valence-electron chi connectivity index (χ4n) is 3.62. The summed E-state index contributed by atoms with van der Waals surface area (Å²) in [5, 5.41) is 0.901. The van der Waals surface area contributed by atoms with Crippen LogP contribution in [0, 0.1) is 0 Å². The number of carbonyl (C=O) groups is 2. The molecule has 0 radical (unpaired) electrons. The average Bonchev–Trinajstić information content (AvgIpc) is 3.42. The van der Waals surface area contributed by atoms with E-state index in [0.29, 0.717) is 31.0 Å². The van der Waals surface area contributed by atoms with Gasteiger partial charge in [0.1, 0.15) is 18.0 Å². The lowest BCUT2D eigenvalue weighted by Gasteiger charge is -2.20. The topological polar surface area (TPSA) is 69.8 Å². The number of methoxy groups -OCH3 is 1. The van der Waals surface area contributed by atoms with Crippen LogP contribution in [0.15, 0.2) is 54.7 Å². The Hall–Kier alpha value is -3.48. The molecule has 1 saturated heterocycles. The quantitative estimate of drug-likeness (QED) is 0.416. The fraction of sp³-hybridized carbons (Fsp3) is 0.360. The molecule has 0 bridgehead atoms. The van der Waals surface area contributed by atoms with Crippen LogP contribution in [0.4, 0.5) is 4.79 Å². The smallest absolute Gasteiger partial charge is 0.410 e. The van der Waals surface area contributed by atoms with Gasteiger partial charge in [-0.2, -0.15) is 0 Å². The normalized spacial score (nSPS) is 15.5. The van der Waals surface area contributed by atoms with Gasteiger partial charge in [-0.3, -0.25) is 4.90 Å². The molecule has 4 rings (SSSR count). The van der Waals surface area contributed by atoms with Crippen molar-refractivity contribution >= 4 is 23.0 Å². The maximum absolute atomic E-state index is 12.3. The fourth-order valence-corrected chi connectivity index (χ4v) is 3.62. The molecule has 32 heavy (non-hydrogen) atoms. The summed E-state index contributed by atoms with van der Waals surface area (Å²) >= 11 is 0. The minimum atomic E-state index is -0.523. The van der Waals surface area contributed by atoms with Gasteiger partial charge in [0.15, 0.2) is 0 Å². The molecule has 7 heteroatoms. The monoisotopic (exact) mass is 436 g/mol. The van der Waals surface area contributed by atoms with Crippen LogP contribution in [0.2, 0.25) is 0 Å². The van der Waals surface area contributed by atoms with E-state index in [1.807, 2.05) is 67.9 Å². The lowest BCUT2D eigenvalue weighted by molar-refractivity contribution is 0.0404. The van der Waals surface area contributed by atoms with Gasteiger partial charge >= 0.3 is 12.1 Å². The number of amides is 1. The highest BCUT2D eigenvalue weighted by Gasteiger charge is 2.41. The third kappa shape index (κ3) is 4.88. The van der Waals surface area contributed by atoms with Crippen LogP contribution in [-0.4, -0.2) is 46.8 Å². The molecule has 2 aromatic carbocycles. The zero-order chi connectivity index (χ0) is 22.9. The van der Waals surface area contributed by atoms with Crippen molar-refractivity contribution in [3.05, 3.63) is 65.9 Å². The molecule has 168 valence electrons. The molecule has 2 heterocycles. The third-order valence-electron chi connectivity index (χ3n) is 5.26. The Morgan fingerprint density at radius 1 is 1.09 bits per heavy atom. The van der Waals surface area contributed by atoms with E-state index in [1.54, 1.807) is 17.0 Å². The first-order valence-electron chi connectivity index (χ1n) is 10.6. The van der Waals surface area contributed by atoms with Crippen LogP contribution in [0.3, 0.4) is 0 Å². The highest BCUT2D eigenvalue weighted by molar-refractivity contribution is 5.97. The first-order chi connectivity index (χ1) is 15.2. The van der Waals surface area contributed by atoms with E-state index >= 15 is 0 Å². The second kappa shape index (κ2) is 8.57. The first-order valence-corrected chi connectivity index (χ1v) is 10.6. The Labute approximate surface area is 187 Å². The molecule has 1 fully saturated rings. The SMILES string of the molecule is COC(=O)c1cc(OCc2ccccc2)c2ccn(C[C@H]3CN3C(=O)OC(C)(C)C)c2c1. The molecule has 0 aliphatic carbocycles. The zero-order valence-electron chi connectivity index (χ0n) is 18.8. The largest absolute Gasteiger partial charge is 0.488 e. The number of fused-ring (bicyclic) bond motifs is 1. The molecule has 1 aromatic heterocycles. The Kier molecular flexibility index (Phi) is 5.82. The lowest BCUT2D eigenvalue weighted by atomic mass is 10.1. The number of aromatic nitrogens is 1. The van der Waals surface area contributed by atoms with Gasteiger partial charge in [-0.25, -0.2) is 9.59 Å². The summed E-state index contributed by atoms with van der Waals surface area (Å²) < 4.78 is 18.5. The van der Waals surface area contributed by atoms with E-state index in [9.17, 15) is 9.59 Å². The Bertz CT molecular complexity index is 1130. The van der Waals surface area contributed by atoms with Crippen molar-refractivity contribution in [3.8, 4) is 5.75 Å². The summed E-state index contributed by atoms with van der Waals surface area (Å²) in [7, 11) is 1.36. The molecule has 1 amide bonds. The van der Waals surface area contributed by atoms with Crippen molar-refractivity contribution in [1.29, 1.82) is 0 Å². The van der Waals surface area contributed by atoms with Crippen molar-refractivity contribution in [2.24, 2.45) is 0 Å². The zero-order valence-corrected chi connectivity index (χ0v) is 18.8. The van der Waals surface area contributed by atoms with Gasteiger partial charge in [-0.05, 0) is 44.5 Å². The average molecular weight is 437 g/mol. The first kappa shape index (κ1) is 21.7. The molecule has 0 spiro atoms. The van der Waals surface area contributed by atoms with Gasteiger partial charge in [0.25, 0.3) is 0 Å². The second-order valence-corrected chi connectivity index (χ2v) is 8.93. The number of rotatable bonds is 6. The lowest BCUT2D eigenvalue weighted by Crippen LogP contribution is -2.28. The third-order valence-corrected chi connectivity index (χ3v) is 5.26. The Balaban J connectivity index is 1.57. The molecule has 3 aromatic rings. The predicted octanol–water partition coefficient (Wildman–Crippen LogP) is 4.63. The van der Waals surface area contributed by atoms with Gasteiger partial charge in [-0.15, -0.1) is 0 Å². The predicted molar refractivity (Wildman–Crippen MR) is 121 cm³/mol. The number of ether oxygens (including phenoxy) is 3. The standard InChI is InChI=1S/C25H28N2O5/c1-25(2,3)32-24(29)27-15-19(27)14-26-11-10-20-21(26)12-18(23(28)30-4)13-22(20)31-16-17-8-6-5-7-9-17/h5-13,19H,14-16H2,1-4H3/t19-,27?/m0/s1. The van der Waals surface area contributed by atoms with Gasteiger partial charge in [0.05, 0.1) is 24.2 Å². The number of carbonyl (C=O) groups excluding carboxylic acids is 2. The van der Waals surface area contributed by atoms with Gasteiger partial charge in [0, 0.05) is 24.7 Å². The summed E-state index contributed by atoms with van der Waals surface area (Å²) in [5.74, 6) is 0.191. The maximum Gasteiger partial charge on any atom is 0.410 e. The summed E-state index contributed by atoms with van der Waals surface area (Å²) in [5.41, 5.74) is 1.79. The van der Waals surface area contributed by atoms with Gasteiger partial charge in [0.2, 0.25) is 0 Å². The van der Waals surface area contributed by atoms with E-state index in [4.69, 9.17) is 14.2 Å². The molecule has 0 N–H and O–H groups in total. The maximum atomic E-state index is 12.3. The van der Waals surface area contributed by atoms with Crippen LogP contribution in [0.25, 0.3) is 10.9 Å². The number of benzene rings is 2. The molecule has 0 unspecified atom stereocenters. The summed E-state index contributed by atoms with van der Waals surface area (Å²) in [6, 6.07) is 15.4. The molecular formula is C25H28N2O5. The number of hydrogen-bond donors (Lipinski definition) is 0. The van der Waals surface area contributed by atoms with Crippen LogP contribution in [0.5, 0.6) is 5.75 Å². The van der Waals surface area contributed by atoms with Crippen molar-refractivity contribution < 1.29 is 23.8 Å². The molecular weight excluding hydrogens is 408 g/mol. The number of esters is 1. The highest BCUT2D eigenvalue weighted by atomic mass is 16.6. The van der Waals surface area contributed by atoms with E-state index < -0.39 is 11.6 Å².